The van der Waals surface area contributed by atoms with E-state index in [1.807, 2.05) is 24.3 Å². The summed E-state index contributed by atoms with van der Waals surface area (Å²) < 4.78 is 0. The number of nitrogens with zero attached hydrogens (tertiary/aromatic N) is 1. The minimum atomic E-state index is -0.966. The van der Waals surface area contributed by atoms with Crippen LogP contribution in [0.15, 0.2) is 24.3 Å². The van der Waals surface area contributed by atoms with Crippen LogP contribution < -0.4 is 10.6 Å². The van der Waals surface area contributed by atoms with Gasteiger partial charge in [0, 0.05) is 5.69 Å². The van der Waals surface area contributed by atoms with Gasteiger partial charge in [0.2, 0.25) is 5.91 Å². The fourth-order valence-electron chi connectivity index (χ4n) is 2.56. The van der Waals surface area contributed by atoms with E-state index in [2.05, 4.69) is 24.5 Å². The summed E-state index contributed by atoms with van der Waals surface area (Å²) in [6, 6.07) is 7.04. The number of nitrogens with one attached hydrogen (secondary N) is 2. The van der Waals surface area contributed by atoms with Crippen molar-refractivity contribution in [1.82, 2.24) is 10.2 Å². The minimum absolute atomic E-state index is 0.289. The van der Waals surface area contributed by atoms with E-state index in [-0.39, 0.29) is 12.5 Å². The molecule has 1 fully saturated rings. The van der Waals surface area contributed by atoms with Crippen LogP contribution in [0.5, 0.6) is 0 Å². The van der Waals surface area contributed by atoms with Crippen molar-refractivity contribution < 1.29 is 14.4 Å². The lowest BCUT2D eigenvalue weighted by Crippen LogP contribution is -2.41. The molecule has 0 unspecified atom stereocenters. The zero-order chi connectivity index (χ0) is 17.2. The molecule has 124 valence electrons. The maximum absolute atomic E-state index is 12.2. The van der Waals surface area contributed by atoms with Crippen LogP contribution >= 0.6 is 0 Å². The number of amides is 4. The van der Waals surface area contributed by atoms with Crippen LogP contribution in [0.1, 0.15) is 45.6 Å². The Hall–Kier alpha value is -2.37. The van der Waals surface area contributed by atoms with Gasteiger partial charge in [0.1, 0.15) is 12.1 Å². The summed E-state index contributed by atoms with van der Waals surface area (Å²) >= 11 is 0. The standard InChI is InChI=1S/C17H23N3O3/c1-5-11(2)12-8-6-7-9-13(12)18-14(21)10-20-15(22)17(3,4)19-16(20)23/h6-9,11H,5,10H2,1-4H3,(H,18,21)(H,19,23)/t11-/m1/s1. The van der Waals surface area contributed by atoms with Crippen molar-refractivity contribution in [3.63, 3.8) is 0 Å². The zero-order valence-electron chi connectivity index (χ0n) is 14.0. The molecule has 1 aliphatic heterocycles. The molecular formula is C17H23N3O3. The zero-order valence-corrected chi connectivity index (χ0v) is 14.0. The number of rotatable bonds is 5. The largest absolute Gasteiger partial charge is 0.325 e. The molecule has 0 saturated carbocycles. The molecule has 0 aromatic heterocycles. The minimum Gasteiger partial charge on any atom is -0.324 e. The van der Waals surface area contributed by atoms with Crippen molar-refractivity contribution in [1.29, 1.82) is 0 Å². The first-order valence-electron chi connectivity index (χ1n) is 7.79. The molecule has 0 spiro atoms. The SMILES string of the molecule is CC[C@@H](C)c1ccccc1NC(=O)CN1C(=O)NC(C)(C)C1=O. The molecule has 2 rings (SSSR count). The summed E-state index contributed by atoms with van der Waals surface area (Å²) in [5, 5.41) is 5.37. The molecule has 4 amide bonds. The number of para-hydroxylation sites is 1. The van der Waals surface area contributed by atoms with Crippen molar-refractivity contribution in [2.24, 2.45) is 0 Å². The summed E-state index contributed by atoms with van der Waals surface area (Å²) in [6.45, 7) is 7.11. The van der Waals surface area contributed by atoms with Crippen molar-refractivity contribution >= 4 is 23.5 Å². The van der Waals surface area contributed by atoms with Crippen LogP contribution in [-0.2, 0) is 9.59 Å². The number of anilines is 1. The van der Waals surface area contributed by atoms with Crippen LogP contribution in [0.3, 0.4) is 0 Å². The van der Waals surface area contributed by atoms with E-state index < -0.39 is 17.5 Å². The van der Waals surface area contributed by atoms with E-state index in [1.165, 1.54) is 0 Å². The monoisotopic (exact) mass is 317 g/mol. The number of hydrogen-bond acceptors (Lipinski definition) is 3. The maximum Gasteiger partial charge on any atom is 0.325 e. The van der Waals surface area contributed by atoms with Gasteiger partial charge >= 0.3 is 6.03 Å². The highest BCUT2D eigenvalue weighted by Gasteiger charge is 2.44. The summed E-state index contributed by atoms with van der Waals surface area (Å²) in [4.78, 5) is 37.1. The van der Waals surface area contributed by atoms with Gasteiger partial charge in [-0.25, -0.2) is 4.79 Å². The molecule has 1 heterocycles. The van der Waals surface area contributed by atoms with E-state index >= 15 is 0 Å². The van der Waals surface area contributed by atoms with Gasteiger partial charge in [0.25, 0.3) is 5.91 Å². The van der Waals surface area contributed by atoms with Gasteiger partial charge in [0.05, 0.1) is 0 Å². The molecule has 0 bridgehead atoms. The fraction of sp³-hybridized carbons (Fsp3) is 0.471. The Morgan fingerprint density at radius 3 is 2.52 bits per heavy atom. The Morgan fingerprint density at radius 2 is 1.96 bits per heavy atom. The Kier molecular flexibility index (Phi) is 4.73. The molecule has 0 radical (unpaired) electrons. The topological polar surface area (TPSA) is 78.5 Å². The molecule has 1 atom stereocenters. The Morgan fingerprint density at radius 1 is 1.30 bits per heavy atom. The molecule has 1 aliphatic rings. The number of imide groups is 1. The second-order valence-electron chi connectivity index (χ2n) is 6.39. The molecule has 23 heavy (non-hydrogen) atoms. The van der Waals surface area contributed by atoms with E-state index in [1.54, 1.807) is 13.8 Å². The molecular weight excluding hydrogens is 294 g/mol. The predicted molar refractivity (Wildman–Crippen MR) is 88.1 cm³/mol. The lowest BCUT2D eigenvalue weighted by Gasteiger charge is -2.18. The van der Waals surface area contributed by atoms with Crippen LogP contribution in [0.2, 0.25) is 0 Å². The Labute approximate surface area is 136 Å². The second-order valence-corrected chi connectivity index (χ2v) is 6.39. The van der Waals surface area contributed by atoms with Crippen LogP contribution in [0.25, 0.3) is 0 Å². The van der Waals surface area contributed by atoms with Crippen LogP contribution in [0, 0.1) is 0 Å². The molecule has 1 saturated heterocycles. The third kappa shape index (κ3) is 3.52. The molecule has 1 aromatic rings. The van der Waals surface area contributed by atoms with Crippen molar-refractivity contribution in [3.8, 4) is 0 Å². The van der Waals surface area contributed by atoms with Crippen molar-refractivity contribution in [3.05, 3.63) is 29.8 Å². The van der Waals surface area contributed by atoms with Crippen molar-refractivity contribution in [2.75, 3.05) is 11.9 Å². The first-order chi connectivity index (χ1) is 10.8. The Balaban J connectivity index is 2.09. The van der Waals surface area contributed by atoms with E-state index in [0.29, 0.717) is 5.92 Å². The number of carbonyl (C=O) groups is 3. The maximum atomic E-state index is 12.2. The van der Waals surface area contributed by atoms with Gasteiger partial charge in [-0.1, -0.05) is 32.0 Å². The third-order valence-electron chi connectivity index (χ3n) is 4.12. The normalized spacial score (nSPS) is 17.8. The van der Waals surface area contributed by atoms with E-state index in [9.17, 15) is 14.4 Å². The summed E-state index contributed by atoms with van der Waals surface area (Å²) in [5.41, 5.74) is 0.797. The average Bonchev–Trinajstić information content (AvgIpc) is 2.69. The highest BCUT2D eigenvalue weighted by molar-refractivity contribution is 6.09. The molecule has 6 nitrogen and oxygen atoms in total. The fourth-order valence-corrected chi connectivity index (χ4v) is 2.56. The number of benzene rings is 1. The summed E-state index contributed by atoms with van der Waals surface area (Å²) in [7, 11) is 0. The van der Waals surface area contributed by atoms with Gasteiger partial charge in [-0.3, -0.25) is 14.5 Å². The molecule has 0 aliphatic carbocycles. The van der Waals surface area contributed by atoms with Gasteiger partial charge < -0.3 is 10.6 Å². The molecule has 1 aromatic carbocycles. The lowest BCUT2D eigenvalue weighted by molar-refractivity contribution is -0.132. The number of hydrogen-bond donors (Lipinski definition) is 2. The predicted octanol–water partition coefficient (Wildman–Crippen LogP) is 2.47. The van der Waals surface area contributed by atoms with Gasteiger partial charge in [-0.2, -0.15) is 0 Å². The number of carbonyl (C=O) groups excluding carboxylic acids is 3. The van der Waals surface area contributed by atoms with Crippen LogP contribution in [0.4, 0.5) is 10.5 Å². The van der Waals surface area contributed by atoms with Crippen LogP contribution in [-0.4, -0.2) is 34.8 Å². The molecule has 2 N–H and O–H groups in total. The van der Waals surface area contributed by atoms with Gasteiger partial charge in [0.15, 0.2) is 0 Å². The first kappa shape index (κ1) is 17.0. The number of urea groups is 1. The van der Waals surface area contributed by atoms with Gasteiger partial charge in [-0.05, 0) is 37.8 Å². The summed E-state index contributed by atoms with van der Waals surface area (Å²) in [6.07, 6.45) is 0.952. The third-order valence-corrected chi connectivity index (χ3v) is 4.12. The second kappa shape index (κ2) is 6.40. The van der Waals surface area contributed by atoms with E-state index in [0.717, 1.165) is 22.6 Å². The highest BCUT2D eigenvalue weighted by atomic mass is 16.2. The van der Waals surface area contributed by atoms with Crippen molar-refractivity contribution in [2.45, 2.75) is 45.6 Å². The average molecular weight is 317 g/mol. The highest BCUT2D eigenvalue weighted by Crippen LogP contribution is 2.26. The lowest BCUT2D eigenvalue weighted by atomic mass is 9.97. The quantitative estimate of drug-likeness (QED) is 0.819. The Bertz CT molecular complexity index is 640. The van der Waals surface area contributed by atoms with Gasteiger partial charge in [-0.15, -0.1) is 0 Å². The smallest absolute Gasteiger partial charge is 0.324 e. The first-order valence-corrected chi connectivity index (χ1v) is 7.79. The van der Waals surface area contributed by atoms with E-state index in [4.69, 9.17) is 0 Å². The summed E-state index contributed by atoms with van der Waals surface area (Å²) in [5.74, 6) is -0.475. The molecule has 6 heteroatoms.